The number of benzene rings is 2. The minimum atomic E-state index is -3.15. The fraction of sp³-hybridized carbons (Fsp3) is 0.318. The molecular formula is C22H24N4O4S. The summed E-state index contributed by atoms with van der Waals surface area (Å²) in [6.07, 6.45) is 5.20. The molecule has 0 unspecified atom stereocenters. The van der Waals surface area contributed by atoms with E-state index in [1.165, 1.54) is 10.6 Å². The molecule has 1 aliphatic rings. The molecule has 0 amide bonds. The van der Waals surface area contributed by atoms with Gasteiger partial charge in [0.15, 0.2) is 6.29 Å². The molecule has 3 aromatic rings. The Morgan fingerprint density at radius 3 is 2.58 bits per heavy atom. The molecule has 2 aromatic carbocycles. The van der Waals surface area contributed by atoms with Crippen molar-refractivity contribution < 1.29 is 17.9 Å². The highest BCUT2D eigenvalue weighted by Gasteiger charge is 2.25. The standard InChI is InChI=1S/C22H24N4O4S/c1-30-21-12-20-16(11-19(21)18-6-4-3-5-15(18)14-27)13-23-22(25-20)24-17-7-9-26(10-8-17)31(2,28)29/h3-6,11-14,17H,7-10H2,1-2H3,(H,23,24,25). The van der Waals surface area contributed by atoms with Gasteiger partial charge in [0.05, 0.1) is 18.9 Å². The molecule has 1 aromatic heterocycles. The third-order valence-electron chi connectivity index (χ3n) is 5.54. The fourth-order valence-electron chi connectivity index (χ4n) is 3.87. The quantitative estimate of drug-likeness (QED) is 0.588. The van der Waals surface area contributed by atoms with E-state index in [1.807, 2.05) is 30.3 Å². The summed E-state index contributed by atoms with van der Waals surface area (Å²) in [4.78, 5) is 20.5. The maximum atomic E-state index is 11.7. The first-order valence-electron chi connectivity index (χ1n) is 10.00. The van der Waals surface area contributed by atoms with Crippen LogP contribution in [-0.4, -0.2) is 61.5 Å². The van der Waals surface area contributed by atoms with Gasteiger partial charge in [-0.25, -0.2) is 22.7 Å². The summed E-state index contributed by atoms with van der Waals surface area (Å²) in [6, 6.07) is 11.2. The summed E-state index contributed by atoms with van der Waals surface area (Å²) < 4.78 is 30.4. The van der Waals surface area contributed by atoms with E-state index in [0.717, 1.165) is 28.3 Å². The van der Waals surface area contributed by atoms with Crippen LogP contribution in [0.15, 0.2) is 42.6 Å². The maximum absolute atomic E-state index is 11.7. The molecule has 0 radical (unpaired) electrons. The summed E-state index contributed by atoms with van der Waals surface area (Å²) >= 11 is 0. The van der Waals surface area contributed by atoms with Crippen LogP contribution in [-0.2, 0) is 10.0 Å². The highest BCUT2D eigenvalue weighted by atomic mass is 32.2. The number of nitrogens with one attached hydrogen (secondary N) is 1. The number of aldehydes is 1. The largest absolute Gasteiger partial charge is 0.496 e. The van der Waals surface area contributed by atoms with E-state index in [4.69, 9.17) is 4.74 Å². The van der Waals surface area contributed by atoms with Crippen molar-refractivity contribution in [2.45, 2.75) is 18.9 Å². The first-order valence-corrected chi connectivity index (χ1v) is 11.8. The van der Waals surface area contributed by atoms with Gasteiger partial charge in [0.25, 0.3) is 0 Å². The van der Waals surface area contributed by atoms with Gasteiger partial charge in [-0.15, -0.1) is 0 Å². The fourth-order valence-corrected chi connectivity index (χ4v) is 4.74. The number of hydrogen-bond donors (Lipinski definition) is 1. The molecule has 0 atom stereocenters. The maximum Gasteiger partial charge on any atom is 0.223 e. The average Bonchev–Trinajstić information content (AvgIpc) is 2.78. The number of nitrogens with zero attached hydrogens (tertiary/aromatic N) is 3. The van der Waals surface area contributed by atoms with Crippen molar-refractivity contribution in [3.8, 4) is 16.9 Å². The van der Waals surface area contributed by atoms with Gasteiger partial charge in [-0.1, -0.05) is 24.3 Å². The van der Waals surface area contributed by atoms with Gasteiger partial charge < -0.3 is 10.1 Å². The van der Waals surface area contributed by atoms with Crippen molar-refractivity contribution in [2.75, 3.05) is 31.8 Å². The van der Waals surface area contributed by atoms with E-state index in [0.29, 0.717) is 43.2 Å². The number of carbonyl (C=O) groups excluding carboxylic acids is 1. The Bertz CT molecular complexity index is 1220. The van der Waals surface area contributed by atoms with Crippen molar-refractivity contribution in [3.63, 3.8) is 0 Å². The monoisotopic (exact) mass is 440 g/mol. The van der Waals surface area contributed by atoms with E-state index in [2.05, 4.69) is 15.3 Å². The Morgan fingerprint density at radius 1 is 1.16 bits per heavy atom. The summed E-state index contributed by atoms with van der Waals surface area (Å²) in [7, 11) is -1.56. The Morgan fingerprint density at radius 2 is 1.90 bits per heavy atom. The molecule has 31 heavy (non-hydrogen) atoms. The Hall–Kier alpha value is -3.04. The lowest BCUT2D eigenvalue weighted by atomic mass is 9.98. The summed E-state index contributed by atoms with van der Waals surface area (Å²) in [6.45, 7) is 0.967. The van der Waals surface area contributed by atoms with Gasteiger partial charge in [-0.05, 0) is 24.5 Å². The van der Waals surface area contributed by atoms with E-state index in [9.17, 15) is 13.2 Å². The van der Waals surface area contributed by atoms with Crippen LogP contribution in [0.25, 0.3) is 22.0 Å². The third kappa shape index (κ3) is 4.52. The number of anilines is 1. The van der Waals surface area contributed by atoms with Gasteiger partial charge in [-0.3, -0.25) is 4.79 Å². The molecule has 1 fully saturated rings. The lowest BCUT2D eigenvalue weighted by Crippen LogP contribution is -2.42. The normalized spacial score (nSPS) is 15.7. The number of ether oxygens (including phenoxy) is 1. The van der Waals surface area contributed by atoms with Gasteiger partial charge in [0.1, 0.15) is 5.75 Å². The molecule has 8 nitrogen and oxygen atoms in total. The molecule has 0 saturated carbocycles. The Kier molecular flexibility index (Phi) is 5.88. The summed E-state index contributed by atoms with van der Waals surface area (Å²) in [5.74, 6) is 1.11. The SMILES string of the molecule is COc1cc2nc(NC3CCN(S(C)(=O)=O)CC3)ncc2cc1-c1ccccc1C=O. The predicted molar refractivity (Wildman–Crippen MR) is 120 cm³/mol. The van der Waals surface area contributed by atoms with Gasteiger partial charge in [0.2, 0.25) is 16.0 Å². The number of fused-ring (bicyclic) bond motifs is 1. The van der Waals surface area contributed by atoms with E-state index in [-0.39, 0.29) is 6.04 Å². The van der Waals surface area contributed by atoms with Crippen LogP contribution >= 0.6 is 0 Å². The molecule has 1 aliphatic heterocycles. The van der Waals surface area contributed by atoms with Crippen LogP contribution in [0.5, 0.6) is 5.75 Å². The molecule has 0 spiro atoms. The van der Waals surface area contributed by atoms with Crippen molar-refractivity contribution in [1.82, 2.24) is 14.3 Å². The minimum absolute atomic E-state index is 0.107. The van der Waals surface area contributed by atoms with Crippen LogP contribution < -0.4 is 10.1 Å². The zero-order valence-electron chi connectivity index (χ0n) is 17.4. The first-order chi connectivity index (χ1) is 14.9. The summed E-state index contributed by atoms with van der Waals surface area (Å²) in [5.41, 5.74) is 2.89. The second-order valence-corrected chi connectivity index (χ2v) is 9.57. The molecule has 1 saturated heterocycles. The molecule has 0 aliphatic carbocycles. The second kappa shape index (κ2) is 8.60. The highest BCUT2D eigenvalue weighted by molar-refractivity contribution is 7.88. The minimum Gasteiger partial charge on any atom is -0.496 e. The van der Waals surface area contributed by atoms with E-state index >= 15 is 0 Å². The predicted octanol–water partition coefficient (Wildman–Crippen LogP) is 2.95. The second-order valence-electron chi connectivity index (χ2n) is 7.59. The zero-order valence-corrected chi connectivity index (χ0v) is 18.2. The van der Waals surface area contributed by atoms with Crippen LogP contribution in [0.1, 0.15) is 23.2 Å². The number of aromatic nitrogens is 2. The molecule has 4 rings (SSSR count). The average molecular weight is 441 g/mol. The topological polar surface area (TPSA) is 101 Å². The Labute approximate surface area is 181 Å². The number of rotatable bonds is 6. The van der Waals surface area contributed by atoms with Gasteiger partial charge >= 0.3 is 0 Å². The zero-order chi connectivity index (χ0) is 22.0. The van der Waals surface area contributed by atoms with Crippen molar-refractivity contribution in [2.24, 2.45) is 0 Å². The van der Waals surface area contributed by atoms with Crippen LogP contribution in [0.2, 0.25) is 0 Å². The van der Waals surface area contributed by atoms with Crippen LogP contribution in [0.3, 0.4) is 0 Å². The number of hydrogen-bond acceptors (Lipinski definition) is 7. The molecule has 9 heteroatoms. The molecule has 0 bridgehead atoms. The lowest BCUT2D eigenvalue weighted by Gasteiger charge is -2.30. The van der Waals surface area contributed by atoms with Crippen molar-refractivity contribution >= 4 is 33.2 Å². The van der Waals surface area contributed by atoms with E-state index in [1.54, 1.807) is 19.4 Å². The third-order valence-corrected chi connectivity index (χ3v) is 6.84. The number of carbonyl (C=O) groups is 1. The first kappa shape index (κ1) is 21.2. The number of piperidine rings is 1. The van der Waals surface area contributed by atoms with Gasteiger partial charge in [0, 0.05) is 47.9 Å². The Balaban J connectivity index is 1.60. The number of methoxy groups -OCH3 is 1. The van der Waals surface area contributed by atoms with Crippen molar-refractivity contribution in [1.29, 1.82) is 0 Å². The van der Waals surface area contributed by atoms with Crippen LogP contribution in [0, 0.1) is 0 Å². The number of sulfonamides is 1. The van der Waals surface area contributed by atoms with Gasteiger partial charge in [-0.2, -0.15) is 0 Å². The molecule has 1 N–H and O–H groups in total. The van der Waals surface area contributed by atoms with Crippen molar-refractivity contribution in [3.05, 3.63) is 48.2 Å². The molecule has 162 valence electrons. The van der Waals surface area contributed by atoms with Crippen LogP contribution in [0.4, 0.5) is 5.95 Å². The smallest absolute Gasteiger partial charge is 0.223 e. The molecule has 2 heterocycles. The lowest BCUT2D eigenvalue weighted by molar-refractivity contribution is 0.112. The highest BCUT2D eigenvalue weighted by Crippen LogP contribution is 2.35. The summed E-state index contributed by atoms with van der Waals surface area (Å²) in [5, 5.41) is 4.14. The molecular weight excluding hydrogens is 416 g/mol. The van der Waals surface area contributed by atoms with E-state index < -0.39 is 10.0 Å².